The van der Waals surface area contributed by atoms with Gasteiger partial charge in [0.2, 0.25) is 5.69 Å². The number of carbonyl (C=O) groups is 1. The van der Waals surface area contributed by atoms with Gasteiger partial charge in [-0.2, -0.15) is 23.0 Å². The summed E-state index contributed by atoms with van der Waals surface area (Å²) in [7, 11) is 0. The van der Waals surface area contributed by atoms with Crippen molar-refractivity contribution in [3.05, 3.63) is 127 Å². The SMILES string of the molecule is CC(NC(=O)c1nn(-c2ccc(Cl)cc2)c(=O)n(Cc2cccc(C(F)(F)F)c2)c1=O)c1ccccc1. The van der Waals surface area contributed by atoms with Gasteiger partial charge in [-0.3, -0.25) is 14.2 Å². The van der Waals surface area contributed by atoms with E-state index in [1.807, 2.05) is 6.07 Å². The topological polar surface area (TPSA) is 86.0 Å². The van der Waals surface area contributed by atoms with Gasteiger partial charge in [0, 0.05) is 5.02 Å². The molecule has 1 heterocycles. The zero-order valence-corrected chi connectivity index (χ0v) is 20.1. The van der Waals surface area contributed by atoms with Gasteiger partial charge in [-0.05, 0) is 54.4 Å². The fourth-order valence-electron chi connectivity index (χ4n) is 3.67. The summed E-state index contributed by atoms with van der Waals surface area (Å²) in [5.74, 6) is -0.846. The van der Waals surface area contributed by atoms with Gasteiger partial charge >= 0.3 is 11.9 Å². The van der Waals surface area contributed by atoms with Crippen LogP contribution in [0, 0.1) is 0 Å². The highest BCUT2D eigenvalue weighted by Gasteiger charge is 2.30. The monoisotopic (exact) mass is 528 g/mol. The molecular weight excluding hydrogens is 509 g/mol. The maximum Gasteiger partial charge on any atom is 0.416 e. The van der Waals surface area contributed by atoms with Crippen molar-refractivity contribution in [1.82, 2.24) is 19.7 Å². The van der Waals surface area contributed by atoms with E-state index < -0.39 is 47.2 Å². The van der Waals surface area contributed by atoms with Gasteiger partial charge in [0.15, 0.2) is 0 Å². The molecule has 3 aromatic carbocycles. The minimum atomic E-state index is -4.61. The molecule has 0 radical (unpaired) electrons. The number of rotatable bonds is 6. The molecule has 0 fully saturated rings. The first-order chi connectivity index (χ1) is 17.5. The van der Waals surface area contributed by atoms with Crippen LogP contribution in [0.25, 0.3) is 5.69 Å². The zero-order valence-electron chi connectivity index (χ0n) is 19.4. The van der Waals surface area contributed by atoms with E-state index in [-0.39, 0.29) is 11.3 Å². The van der Waals surface area contributed by atoms with Crippen LogP contribution in [0.4, 0.5) is 13.2 Å². The molecule has 190 valence electrons. The van der Waals surface area contributed by atoms with E-state index in [0.29, 0.717) is 9.59 Å². The molecule has 0 saturated carbocycles. The van der Waals surface area contributed by atoms with E-state index >= 15 is 0 Å². The quantitative estimate of drug-likeness (QED) is 0.396. The molecular formula is C26H20ClF3N4O3. The highest BCUT2D eigenvalue weighted by atomic mass is 35.5. The normalized spacial score (nSPS) is 12.2. The van der Waals surface area contributed by atoms with Crippen LogP contribution in [-0.2, 0) is 12.7 Å². The molecule has 0 aliphatic carbocycles. The van der Waals surface area contributed by atoms with E-state index in [4.69, 9.17) is 11.6 Å². The Morgan fingerprint density at radius 2 is 1.68 bits per heavy atom. The second-order valence-corrected chi connectivity index (χ2v) is 8.65. The van der Waals surface area contributed by atoms with Crippen LogP contribution in [0.15, 0.2) is 88.5 Å². The highest BCUT2D eigenvalue weighted by Crippen LogP contribution is 2.29. The molecule has 4 aromatic rings. The number of hydrogen-bond acceptors (Lipinski definition) is 4. The van der Waals surface area contributed by atoms with Crippen molar-refractivity contribution in [2.45, 2.75) is 25.7 Å². The fourth-order valence-corrected chi connectivity index (χ4v) is 3.79. The van der Waals surface area contributed by atoms with Crippen LogP contribution in [0.3, 0.4) is 0 Å². The number of hydrogen-bond donors (Lipinski definition) is 1. The van der Waals surface area contributed by atoms with Crippen molar-refractivity contribution in [3.8, 4) is 5.69 Å². The lowest BCUT2D eigenvalue weighted by atomic mass is 10.1. The third-order valence-electron chi connectivity index (χ3n) is 5.59. The number of carbonyl (C=O) groups excluding carboxylic acids is 1. The van der Waals surface area contributed by atoms with Crippen molar-refractivity contribution < 1.29 is 18.0 Å². The molecule has 1 atom stereocenters. The summed E-state index contributed by atoms with van der Waals surface area (Å²) in [6.07, 6.45) is -4.61. The number of halogens is 4. The van der Waals surface area contributed by atoms with Gasteiger partial charge < -0.3 is 5.32 Å². The lowest BCUT2D eigenvalue weighted by Gasteiger charge is -2.16. The summed E-state index contributed by atoms with van der Waals surface area (Å²) in [6, 6.07) is 18.6. The summed E-state index contributed by atoms with van der Waals surface area (Å²) in [5, 5.41) is 7.07. The van der Waals surface area contributed by atoms with Gasteiger partial charge in [0.1, 0.15) is 0 Å². The van der Waals surface area contributed by atoms with Crippen molar-refractivity contribution in [3.63, 3.8) is 0 Å². The van der Waals surface area contributed by atoms with Crippen molar-refractivity contribution in [2.24, 2.45) is 0 Å². The van der Waals surface area contributed by atoms with Gasteiger partial charge in [-0.25, -0.2) is 4.79 Å². The van der Waals surface area contributed by atoms with E-state index in [1.165, 1.54) is 36.4 Å². The zero-order chi connectivity index (χ0) is 26.7. The second kappa shape index (κ2) is 10.4. The Hall–Kier alpha value is -4.18. The molecule has 11 heteroatoms. The van der Waals surface area contributed by atoms with Crippen LogP contribution >= 0.6 is 11.6 Å². The minimum Gasteiger partial charge on any atom is -0.344 e. The summed E-state index contributed by atoms with van der Waals surface area (Å²) in [5.41, 5.74) is -2.47. The van der Waals surface area contributed by atoms with Crippen molar-refractivity contribution in [1.29, 1.82) is 0 Å². The molecule has 0 aliphatic heterocycles. The predicted molar refractivity (Wildman–Crippen MR) is 132 cm³/mol. The molecule has 1 N–H and O–H groups in total. The maximum absolute atomic E-state index is 13.3. The maximum atomic E-state index is 13.3. The minimum absolute atomic E-state index is 0.0480. The molecule has 1 amide bonds. The average Bonchev–Trinajstić information content (AvgIpc) is 2.87. The lowest BCUT2D eigenvalue weighted by Crippen LogP contribution is -2.46. The standard InChI is InChI=1S/C26H20ClF3N4O3/c1-16(18-7-3-2-4-8-18)31-23(35)22-24(36)33(15-17-6-5-9-19(14-17)26(28,29)30)25(37)34(32-22)21-12-10-20(27)11-13-21/h2-14,16H,15H2,1H3,(H,31,35). The fraction of sp³-hybridized carbons (Fsp3) is 0.154. The molecule has 37 heavy (non-hydrogen) atoms. The number of nitrogens with zero attached hydrogens (tertiary/aromatic N) is 3. The van der Waals surface area contributed by atoms with Crippen LogP contribution in [-0.4, -0.2) is 20.3 Å². The third kappa shape index (κ3) is 5.80. The largest absolute Gasteiger partial charge is 0.416 e. The summed E-state index contributed by atoms with van der Waals surface area (Å²) < 4.78 is 41.1. The summed E-state index contributed by atoms with van der Waals surface area (Å²) in [6.45, 7) is 1.20. The average molecular weight is 529 g/mol. The van der Waals surface area contributed by atoms with Crippen molar-refractivity contribution >= 4 is 17.5 Å². The Morgan fingerprint density at radius 3 is 2.32 bits per heavy atom. The Morgan fingerprint density at radius 1 is 1.00 bits per heavy atom. The summed E-state index contributed by atoms with van der Waals surface area (Å²) in [4.78, 5) is 39.6. The Kier molecular flexibility index (Phi) is 7.30. The molecule has 4 rings (SSSR count). The first kappa shape index (κ1) is 25.9. The van der Waals surface area contributed by atoms with E-state index in [9.17, 15) is 27.6 Å². The number of benzene rings is 3. The van der Waals surface area contributed by atoms with Gasteiger partial charge in [0.25, 0.3) is 11.5 Å². The van der Waals surface area contributed by atoms with Gasteiger partial charge in [-0.1, -0.05) is 54.1 Å². The first-order valence-corrected chi connectivity index (χ1v) is 11.4. The Bertz CT molecular complexity index is 1550. The number of alkyl halides is 3. The lowest BCUT2D eigenvalue weighted by molar-refractivity contribution is -0.137. The van der Waals surface area contributed by atoms with Gasteiger partial charge in [0.05, 0.1) is 23.8 Å². The molecule has 0 aliphatic rings. The molecule has 1 unspecified atom stereocenters. The van der Waals surface area contributed by atoms with Crippen LogP contribution in [0.5, 0.6) is 0 Å². The molecule has 1 aromatic heterocycles. The Balaban J connectivity index is 1.81. The molecule has 0 bridgehead atoms. The highest BCUT2D eigenvalue weighted by molar-refractivity contribution is 6.30. The summed E-state index contributed by atoms with van der Waals surface area (Å²) >= 11 is 5.93. The van der Waals surface area contributed by atoms with Gasteiger partial charge in [-0.15, -0.1) is 0 Å². The molecule has 0 spiro atoms. The number of amides is 1. The third-order valence-corrected chi connectivity index (χ3v) is 5.84. The van der Waals surface area contributed by atoms with E-state index in [0.717, 1.165) is 22.4 Å². The smallest absolute Gasteiger partial charge is 0.344 e. The Labute approximate surface area is 213 Å². The predicted octanol–water partition coefficient (Wildman–Crippen LogP) is 4.61. The second-order valence-electron chi connectivity index (χ2n) is 8.21. The molecule has 7 nitrogen and oxygen atoms in total. The van der Waals surface area contributed by atoms with E-state index in [1.54, 1.807) is 31.2 Å². The van der Waals surface area contributed by atoms with Crippen molar-refractivity contribution in [2.75, 3.05) is 0 Å². The van der Waals surface area contributed by atoms with Crippen LogP contribution < -0.4 is 16.6 Å². The number of nitrogens with one attached hydrogen (secondary N) is 1. The molecule has 0 saturated heterocycles. The first-order valence-electron chi connectivity index (χ1n) is 11.1. The van der Waals surface area contributed by atoms with Crippen LogP contribution in [0.2, 0.25) is 5.02 Å². The van der Waals surface area contributed by atoms with E-state index in [2.05, 4.69) is 10.4 Å². The van der Waals surface area contributed by atoms with Crippen LogP contribution in [0.1, 0.15) is 40.1 Å². The number of aromatic nitrogens is 3.